The minimum Gasteiger partial charge on any atom is -0.494 e. The normalized spacial score (nSPS) is 11.7. The number of nitrogen functional groups attached to an aromatic ring is 1. The lowest BCUT2D eigenvalue weighted by molar-refractivity contribution is 0.418. The van der Waals surface area contributed by atoms with E-state index in [0.717, 1.165) is 32.5 Å². The smallest absolute Gasteiger partial charge is 0.145 e. The van der Waals surface area contributed by atoms with E-state index in [1.807, 2.05) is 18.2 Å². The lowest BCUT2D eigenvalue weighted by Gasteiger charge is -2.21. The summed E-state index contributed by atoms with van der Waals surface area (Å²) in [4.78, 5) is 4.74. The Kier molecular flexibility index (Phi) is 3.69. The van der Waals surface area contributed by atoms with Crippen LogP contribution in [-0.2, 0) is 5.41 Å². The number of hydrogen-bond acceptors (Lipinski definition) is 4. The van der Waals surface area contributed by atoms with Crippen molar-refractivity contribution in [2.75, 3.05) is 12.5 Å². The molecule has 102 valence electrons. The molecule has 3 N–H and O–H groups in total. The molecule has 0 saturated carbocycles. The van der Waals surface area contributed by atoms with Gasteiger partial charge in [0.15, 0.2) is 0 Å². The van der Waals surface area contributed by atoms with Gasteiger partial charge in [-0.15, -0.1) is 0 Å². The Morgan fingerprint density at radius 1 is 1.32 bits per heavy atom. The van der Waals surface area contributed by atoms with Gasteiger partial charge in [0.05, 0.1) is 12.8 Å². The van der Waals surface area contributed by atoms with Crippen LogP contribution in [0.15, 0.2) is 22.7 Å². The molecule has 0 spiro atoms. The second-order valence-electron chi connectivity index (χ2n) is 5.42. The number of hydrazine groups is 1. The van der Waals surface area contributed by atoms with Gasteiger partial charge in [0.25, 0.3) is 0 Å². The summed E-state index contributed by atoms with van der Waals surface area (Å²) in [7, 11) is 1.64. The van der Waals surface area contributed by atoms with Crippen LogP contribution in [0.3, 0.4) is 0 Å². The van der Waals surface area contributed by atoms with Crippen LogP contribution in [0.2, 0.25) is 0 Å². The highest BCUT2D eigenvalue weighted by Gasteiger charge is 2.20. The van der Waals surface area contributed by atoms with Crippen LogP contribution in [0.1, 0.15) is 26.5 Å². The van der Waals surface area contributed by atoms with Crippen molar-refractivity contribution in [2.24, 2.45) is 5.84 Å². The van der Waals surface area contributed by atoms with E-state index in [9.17, 15) is 0 Å². The van der Waals surface area contributed by atoms with Gasteiger partial charge in [0, 0.05) is 21.0 Å². The molecule has 0 atom stereocenters. The van der Waals surface area contributed by atoms with Crippen LogP contribution in [0.4, 0.5) is 5.69 Å². The summed E-state index contributed by atoms with van der Waals surface area (Å²) in [5.41, 5.74) is 5.29. The van der Waals surface area contributed by atoms with Gasteiger partial charge in [-0.05, 0) is 18.2 Å². The molecule has 0 aliphatic rings. The van der Waals surface area contributed by atoms with Crippen LogP contribution in [-0.4, -0.2) is 12.1 Å². The summed E-state index contributed by atoms with van der Waals surface area (Å²) < 4.78 is 6.33. The van der Waals surface area contributed by atoms with Crippen molar-refractivity contribution in [3.63, 3.8) is 0 Å². The van der Waals surface area contributed by atoms with E-state index in [1.54, 1.807) is 7.11 Å². The zero-order chi connectivity index (χ0) is 14.2. The molecule has 0 bridgehead atoms. The summed E-state index contributed by atoms with van der Waals surface area (Å²) in [6.07, 6.45) is 0. The molecule has 1 aromatic heterocycles. The Hall–Kier alpha value is -1.33. The van der Waals surface area contributed by atoms with E-state index < -0.39 is 0 Å². The Bertz CT molecular complexity index is 620. The van der Waals surface area contributed by atoms with Gasteiger partial charge in [-0.2, -0.15) is 0 Å². The highest BCUT2D eigenvalue weighted by molar-refractivity contribution is 9.10. The molecule has 0 fully saturated rings. The molecule has 0 saturated heterocycles. The number of anilines is 1. The van der Waals surface area contributed by atoms with Crippen molar-refractivity contribution in [3.05, 3.63) is 28.4 Å². The maximum absolute atomic E-state index is 5.65. The topological polar surface area (TPSA) is 60.2 Å². The number of hydrogen-bond donors (Lipinski definition) is 2. The second-order valence-corrected chi connectivity index (χ2v) is 6.28. The van der Waals surface area contributed by atoms with E-state index in [-0.39, 0.29) is 5.41 Å². The fourth-order valence-corrected chi connectivity index (χ4v) is 2.47. The summed E-state index contributed by atoms with van der Waals surface area (Å²) >= 11 is 3.54. The SMILES string of the molecule is COc1ccc(Br)c2c(NN)cc(C(C)(C)C)nc12. The third-order valence-electron chi connectivity index (χ3n) is 3.02. The maximum Gasteiger partial charge on any atom is 0.145 e. The van der Waals surface area contributed by atoms with E-state index in [1.165, 1.54) is 0 Å². The molecule has 0 aliphatic heterocycles. The molecule has 5 heteroatoms. The third-order valence-corrected chi connectivity index (χ3v) is 3.68. The fraction of sp³-hybridized carbons (Fsp3) is 0.357. The summed E-state index contributed by atoms with van der Waals surface area (Å²) in [5, 5.41) is 0.926. The van der Waals surface area contributed by atoms with Gasteiger partial charge >= 0.3 is 0 Å². The van der Waals surface area contributed by atoms with Crippen molar-refractivity contribution in [3.8, 4) is 5.75 Å². The van der Waals surface area contributed by atoms with E-state index >= 15 is 0 Å². The zero-order valence-corrected chi connectivity index (χ0v) is 13.1. The quantitative estimate of drug-likeness (QED) is 0.655. The van der Waals surface area contributed by atoms with Gasteiger partial charge < -0.3 is 10.2 Å². The number of methoxy groups -OCH3 is 1. The first-order valence-corrected chi connectivity index (χ1v) is 6.82. The molecule has 0 aliphatic carbocycles. The van der Waals surface area contributed by atoms with Crippen molar-refractivity contribution in [1.29, 1.82) is 0 Å². The van der Waals surface area contributed by atoms with Gasteiger partial charge in [-0.1, -0.05) is 36.7 Å². The third kappa shape index (κ3) is 2.53. The molecule has 0 unspecified atom stereocenters. The minimum atomic E-state index is -0.0624. The largest absolute Gasteiger partial charge is 0.494 e. The number of nitrogens with two attached hydrogens (primary N) is 1. The standard InChI is InChI=1S/C14H18BrN3O/c1-14(2,3)11-7-9(18-16)12-8(15)5-6-10(19-4)13(12)17-11/h5-7H,16H2,1-4H3,(H,17,18). The van der Waals surface area contributed by atoms with E-state index in [4.69, 9.17) is 15.6 Å². The minimum absolute atomic E-state index is 0.0624. The number of nitrogens with one attached hydrogen (secondary N) is 1. The number of pyridine rings is 1. The molecule has 1 aromatic carbocycles. The number of rotatable bonds is 2. The Balaban J connectivity index is 2.88. The van der Waals surface area contributed by atoms with Gasteiger partial charge in [-0.25, -0.2) is 4.98 Å². The lowest BCUT2D eigenvalue weighted by Crippen LogP contribution is -2.16. The van der Waals surface area contributed by atoms with Gasteiger partial charge in [0.1, 0.15) is 11.3 Å². The number of aromatic nitrogens is 1. The number of benzene rings is 1. The highest BCUT2D eigenvalue weighted by Crippen LogP contribution is 2.37. The second kappa shape index (κ2) is 4.98. The van der Waals surface area contributed by atoms with Crippen LogP contribution >= 0.6 is 15.9 Å². The van der Waals surface area contributed by atoms with Crippen LogP contribution in [0, 0.1) is 0 Å². The molecule has 1 heterocycles. The molecule has 4 nitrogen and oxygen atoms in total. The van der Waals surface area contributed by atoms with E-state index in [2.05, 4.69) is 42.1 Å². The molecule has 2 rings (SSSR count). The molecule has 0 amide bonds. The molecule has 19 heavy (non-hydrogen) atoms. The van der Waals surface area contributed by atoms with Crippen molar-refractivity contribution in [2.45, 2.75) is 26.2 Å². The van der Waals surface area contributed by atoms with Crippen LogP contribution < -0.4 is 16.0 Å². The first-order chi connectivity index (χ1) is 8.88. The number of nitrogens with zero attached hydrogens (tertiary/aromatic N) is 1. The van der Waals surface area contributed by atoms with Crippen molar-refractivity contribution < 1.29 is 4.74 Å². The summed E-state index contributed by atoms with van der Waals surface area (Å²) in [6, 6.07) is 5.80. The fourth-order valence-electron chi connectivity index (χ4n) is 1.94. The van der Waals surface area contributed by atoms with Crippen LogP contribution in [0.5, 0.6) is 5.75 Å². The molecular weight excluding hydrogens is 306 g/mol. The Morgan fingerprint density at radius 3 is 2.53 bits per heavy atom. The average Bonchev–Trinajstić information content (AvgIpc) is 2.37. The van der Waals surface area contributed by atoms with Gasteiger partial charge in [-0.3, -0.25) is 5.84 Å². The number of halogens is 1. The zero-order valence-electron chi connectivity index (χ0n) is 11.5. The van der Waals surface area contributed by atoms with Crippen molar-refractivity contribution >= 4 is 32.5 Å². The molecular formula is C14H18BrN3O. The monoisotopic (exact) mass is 323 g/mol. The van der Waals surface area contributed by atoms with E-state index in [0.29, 0.717) is 0 Å². The number of ether oxygens (including phenoxy) is 1. The first kappa shape index (κ1) is 14.1. The number of fused-ring (bicyclic) bond motifs is 1. The maximum atomic E-state index is 5.65. The van der Waals surface area contributed by atoms with Crippen LogP contribution in [0.25, 0.3) is 10.9 Å². The predicted octanol–water partition coefficient (Wildman–Crippen LogP) is 3.59. The summed E-state index contributed by atoms with van der Waals surface area (Å²) in [6.45, 7) is 6.35. The first-order valence-electron chi connectivity index (χ1n) is 6.03. The summed E-state index contributed by atoms with van der Waals surface area (Å²) in [5.74, 6) is 6.39. The Morgan fingerprint density at radius 2 is 2.00 bits per heavy atom. The van der Waals surface area contributed by atoms with Gasteiger partial charge in [0.2, 0.25) is 0 Å². The molecule has 2 aromatic rings. The molecule has 0 radical (unpaired) electrons. The average molecular weight is 324 g/mol. The highest BCUT2D eigenvalue weighted by atomic mass is 79.9. The Labute approximate surface area is 121 Å². The van der Waals surface area contributed by atoms with Crippen molar-refractivity contribution in [1.82, 2.24) is 4.98 Å². The lowest BCUT2D eigenvalue weighted by atomic mass is 9.90. The predicted molar refractivity (Wildman–Crippen MR) is 82.5 cm³/mol.